The van der Waals surface area contributed by atoms with Crippen molar-refractivity contribution in [1.29, 1.82) is 0 Å². The van der Waals surface area contributed by atoms with Crippen molar-refractivity contribution in [3.63, 3.8) is 0 Å². The summed E-state index contributed by atoms with van der Waals surface area (Å²) >= 11 is 3.50. The molecular weight excluding hydrogens is 1100 g/mol. The summed E-state index contributed by atoms with van der Waals surface area (Å²) < 4.78 is 0. The van der Waals surface area contributed by atoms with Crippen molar-refractivity contribution >= 4 is 66.7 Å². The van der Waals surface area contributed by atoms with Crippen LogP contribution in [0.25, 0.3) is 42.9 Å². The quantitative estimate of drug-likeness (QED) is 0.110. The van der Waals surface area contributed by atoms with Gasteiger partial charge < -0.3 is 34.9 Å². The van der Waals surface area contributed by atoms with Crippen LogP contribution in [0.3, 0.4) is 0 Å². The highest BCUT2D eigenvalue weighted by molar-refractivity contribution is 7.19. The minimum Gasteiger partial charge on any atom is -0.346 e. The number of hydrogen-bond donors (Lipinski definition) is 3. The molecule has 14 rings (SSSR count). The molecule has 8 saturated heterocycles. The summed E-state index contributed by atoms with van der Waals surface area (Å²) in [4.78, 5) is 79.6. The van der Waals surface area contributed by atoms with Gasteiger partial charge in [-0.25, -0.2) is 0 Å². The fraction of sp³-hybridized carbons (Fsp3) is 0.594. The van der Waals surface area contributed by atoms with E-state index >= 15 is 0 Å². The fourth-order valence-electron chi connectivity index (χ4n) is 15.4. The summed E-state index contributed by atoms with van der Waals surface area (Å²) in [6.07, 6.45) is 14.1. The second-order valence-corrected chi connectivity index (χ2v) is 29.6. The lowest BCUT2D eigenvalue weighted by molar-refractivity contribution is -0.138. The molecule has 0 spiro atoms. The predicted octanol–water partition coefficient (Wildman–Crippen LogP) is 11.1. The lowest BCUT2D eigenvalue weighted by Gasteiger charge is -2.35. The summed E-state index contributed by atoms with van der Waals surface area (Å²) in [6.45, 7) is 30.7. The maximum atomic E-state index is 14.0. The van der Waals surface area contributed by atoms with Crippen LogP contribution in [0.2, 0.25) is 0 Å². The van der Waals surface area contributed by atoms with E-state index in [4.69, 9.17) is 0 Å². The average Bonchev–Trinajstić information content (AvgIpc) is 1.85. The smallest absolute Gasteiger partial charge is 0.236 e. The number of benzene rings is 2. The number of likely N-dealkylation sites (tertiary alicyclic amines) is 2. The molecule has 12 heterocycles. The summed E-state index contributed by atoms with van der Waals surface area (Å²) in [7, 11) is 0. The lowest BCUT2D eigenvalue weighted by Crippen LogP contribution is -2.49. The van der Waals surface area contributed by atoms with Crippen LogP contribution < -0.4 is 5.32 Å². The van der Waals surface area contributed by atoms with E-state index in [-0.39, 0.29) is 0 Å². The van der Waals surface area contributed by atoms with Crippen LogP contribution in [-0.2, 0) is 36.6 Å². The molecule has 3 N–H and O–H groups in total. The molecule has 8 fully saturated rings. The molecule has 4 aromatic heterocycles. The normalized spacial score (nSPS) is 22.9. The molecule has 2 aromatic carbocycles. The molecule has 456 valence electrons. The van der Waals surface area contributed by atoms with Gasteiger partial charge in [0.25, 0.3) is 0 Å². The maximum absolute atomic E-state index is 14.0. The number of aromatic amines is 2. The number of carbonyl (C=O) groups excluding carboxylic acids is 4. The highest BCUT2D eigenvalue weighted by atomic mass is 32.1. The van der Waals surface area contributed by atoms with E-state index in [1.165, 1.54) is 124 Å². The number of rotatable bonds is 12. The molecule has 8 aliphatic rings. The number of amides is 4. The van der Waals surface area contributed by atoms with Crippen LogP contribution in [0.4, 0.5) is 0 Å². The van der Waals surface area contributed by atoms with Gasteiger partial charge in [-0.3, -0.25) is 33.9 Å². The third kappa shape index (κ3) is 12.7. The number of hydrogen-bond acceptors (Lipinski definition) is 10. The Morgan fingerprint density at radius 3 is 1.38 bits per heavy atom. The van der Waals surface area contributed by atoms with Crippen LogP contribution >= 0.6 is 22.7 Å². The van der Waals surface area contributed by atoms with Crippen LogP contribution in [0.1, 0.15) is 142 Å². The van der Waals surface area contributed by atoms with E-state index in [1.54, 1.807) is 22.7 Å². The zero-order valence-electron chi connectivity index (χ0n) is 52.2. The van der Waals surface area contributed by atoms with Gasteiger partial charge in [0.15, 0.2) is 0 Å². The average molecular weight is 1190 g/mol. The Balaban J connectivity index is 0.000000143. The topological polar surface area (TPSA) is 135 Å². The third-order valence-electron chi connectivity index (χ3n) is 20.3. The van der Waals surface area contributed by atoms with Gasteiger partial charge >= 0.3 is 0 Å². The number of aryl methyl sites for hydroxylation is 4. The molecule has 0 aliphatic carbocycles. The van der Waals surface area contributed by atoms with Crippen molar-refractivity contribution in [2.75, 3.05) is 91.6 Å². The molecule has 16 heteroatoms. The molecule has 8 aliphatic heterocycles. The highest BCUT2D eigenvalue weighted by Gasteiger charge is 2.49. The Bertz CT molecular complexity index is 3290. The van der Waals surface area contributed by atoms with E-state index in [0.717, 1.165) is 118 Å². The summed E-state index contributed by atoms with van der Waals surface area (Å²) in [5.41, 5.74) is 10.2. The first kappa shape index (κ1) is 59.9. The van der Waals surface area contributed by atoms with Crippen molar-refractivity contribution in [2.45, 2.75) is 174 Å². The highest BCUT2D eigenvalue weighted by Crippen LogP contribution is 2.46. The fourth-order valence-corrected chi connectivity index (χ4v) is 17.8. The van der Waals surface area contributed by atoms with Gasteiger partial charge in [0.05, 0.1) is 29.6 Å². The lowest BCUT2D eigenvalue weighted by atomic mass is 9.88. The standard InChI is InChI=1S/C35H47N5O2S.C24H28N2OS.C10H19N3O/c1-23-17-24(2)19-25(18-23)32-29(21-37-13-15-38(16-14-37)22-31(41)39-11-5-6-12-39)28-20-30(43-33(28)36-32)35(3,4)34(42)40-26-7-8-27(40)10-9-26;1-14-9-15(2)11-16(10-14)20-12-17-13-21(28-22(17)25-20)24(3,4)23(27)26-18-5-6-19(26)8-7-18;14-10(13-5-1-2-6-13)9-12-7-3-11-4-8-12/h17-20,26-27,36H,5-16,21-22H2,1-4H3;9-13,18-19,25H,5-8H2,1-4H3;11H,1-9H2. The summed E-state index contributed by atoms with van der Waals surface area (Å²) in [5.74, 6) is 1.23. The Kier molecular flexibility index (Phi) is 17.6. The minimum absolute atomic E-state index is 0.292. The zero-order valence-corrected chi connectivity index (χ0v) is 53.8. The van der Waals surface area contributed by atoms with Gasteiger partial charge in [-0.2, -0.15) is 0 Å². The Labute approximate surface area is 513 Å². The number of thiophene rings is 2. The molecule has 14 nitrogen and oxygen atoms in total. The van der Waals surface area contributed by atoms with Crippen LogP contribution in [0, 0.1) is 27.7 Å². The van der Waals surface area contributed by atoms with Gasteiger partial charge in [0.2, 0.25) is 23.6 Å². The largest absolute Gasteiger partial charge is 0.346 e. The summed E-state index contributed by atoms with van der Waals surface area (Å²) in [5, 5.41) is 5.75. The van der Waals surface area contributed by atoms with Gasteiger partial charge in [-0.15, -0.1) is 22.7 Å². The third-order valence-corrected chi connectivity index (χ3v) is 23.1. The van der Waals surface area contributed by atoms with Gasteiger partial charge in [0, 0.05) is 141 Å². The Hall–Kier alpha value is -5.36. The molecule has 85 heavy (non-hydrogen) atoms. The van der Waals surface area contributed by atoms with Crippen molar-refractivity contribution in [2.24, 2.45) is 0 Å². The number of aromatic nitrogens is 2. The monoisotopic (exact) mass is 1190 g/mol. The van der Waals surface area contributed by atoms with E-state index in [2.05, 4.69) is 150 Å². The Morgan fingerprint density at radius 1 is 0.482 bits per heavy atom. The molecule has 6 aromatic rings. The van der Waals surface area contributed by atoms with Gasteiger partial charge in [0.1, 0.15) is 9.66 Å². The van der Waals surface area contributed by atoms with Crippen LogP contribution in [0.15, 0.2) is 54.6 Å². The molecule has 0 saturated carbocycles. The maximum Gasteiger partial charge on any atom is 0.236 e. The first-order valence-electron chi connectivity index (χ1n) is 32.4. The molecule has 0 unspecified atom stereocenters. The van der Waals surface area contributed by atoms with Crippen molar-refractivity contribution in [1.82, 2.24) is 49.6 Å². The number of piperazine rings is 2. The SMILES string of the molecule is Cc1cc(C)cc(-c2[nH]c3sc(C(C)(C)C(=O)N4C5CCC4CC5)cc3c2CN2CCN(CC(=O)N3CCCC3)CC2)c1.Cc1cc(C)cc(-c2cc3cc(C(C)(C)C(=O)N4C5CCC4CC5)sc3[nH]2)c1.O=C(CN1CCNCC1)N1CCCC1. The minimum atomic E-state index is -0.541. The molecule has 0 radical (unpaired) electrons. The van der Waals surface area contributed by atoms with Gasteiger partial charge in [-0.1, -0.05) is 34.4 Å². The number of nitrogens with zero attached hydrogens (tertiary/aromatic N) is 7. The summed E-state index contributed by atoms with van der Waals surface area (Å²) in [6, 6.07) is 22.1. The van der Waals surface area contributed by atoms with Crippen molar-refractivity contribution in [3.8, 4) is 22.5 Å². The van der Waals surface area contributed by atoms with E-state index in [1.807, 2.05) is 9.80 Å². The van der Waals surface area contributed by atoms with Gasteiger partial charge in [-0.05, 0) is 186 Å². The first-order chi connectivity index (χ1) is 40.9. The van der Waals surface area contributed by atoms with Crippen LogP contribution in [0.5, 0.6) is 0 Å². The molecule has 4 amide bonds. The zero-order chi connectivity index (χ0) is 59.3. The first-order valence-corrected chi connectivity index (χ1v) is 34.0. The molecule has 4 bridgehead atoms. The van der Waals surface area contributed by atoms with Crippen molar-refractivity contribution in [3.05, 3.63) is 92.2 Å². The van der Waals surface area contributed by atoms with E-state index < -0.39 is 10.8 Å². The number of fused-ring (bicyclic) bond motifs is 6. The van der Waals surface area contributed by atoms with E-state index in [0.29, 0.717) is 60.9 Å². The molecule has 0 atom stereocenters. The number of nitrogens with one attached hydrogen (secondary N) is 3. The predicted molar refractivity (Wildman–Crippen MR) is 347 cm³/mol. The number of carbonyl (C=O) groups is 4. The van der Waals surface area contributed by atoms with E-state index in [9.17, 15) is 19.2 Å². The molecular formula is C69H94N10O4S2. The number of H-pyrrole nitrogens is 2. The van der Waals surface area contributed by atoms with Crippen LogP contribution in [-0.4, -0.2) is 184 Å². The Morgan fingerprint density at radius 2 is 0.906 bits per heavy atom. The van der Waals surface area contributed by atoms with Crippen molar-refractivity contribution < 1.29 is 19.2 Å². The second kappa shape index (κ2) is 25.0. The second-order valence-electron chi connectivity index (χ2n) is 27.5.